The van der Waals surface area contributed by atoms with Crippen molar-refractivity contribution in [3.05, 3.63) is 0 Å². The Morgan fingerprint density at radius 3 is 2.14 bits per heavy atom. The minimum atomic E-state index is 0.875. The molecule has 38 valence electrons. The first-order chi connectivity index (χ1) is 3.43. The highest BCUT2D eigenvalue weighted by Gasteiger charge is 2.10. The molecule has 0 aromatic carbocycles. The normalized spacial score (nSPS) is 23.4. The van der Waals surface area contributed by atoms with E-state index in [1.807, 2.05) is 0 Å². The second-order valence-corrected chi connectivity index (χ2v) is 2.39. The summed E-state index contributed by atoms with van der Waals surface area (Å²) in [6, 6.07) is 0. The molecule has 0 unspecified atom stereocenters. The summed E-state index contributed by atoms with van der Waals surface area (Å²) in [5.41, 5.74) is 0. The van der Waals surface area contributed by atoms with Crippen molar-refractivity contribution < 1.29 is 0 Å². The van der Waals surface area contributed by atoms with E-state index in [-0.39, 0.29) is 0 Å². The van der Waals surface area contributed by atoms with Crippen molar-refractivity contribution in [2.24, 2.45) is 5.92 Å². The van der Waals surface area contributed by atoms with E-state index in [1.165, 1.54) is 25.7 Å². The van der Waals surface area contributed by atoms with Gasteiger partial charge in [-0.05, 0) is 5.92 Å². The highest BCUT2D eigenvalue weighted by Crippen LogP contribution is 2.26. The first kappa shape index (κ1) is 5.21. The van der Waals surface area contributed by atoms with Gasteiger partial charge in [0.15, 0.2) is 0 Å². The van der Waals surface area contributed by atoms with Gasteiger partial charge in [0.25, 0.3) is 0 Å². The minimum Gasteiger partial charge on any atom is -0.0859 e. The summed E-state index contributed by atoms with van der Waals surface area (Å²) in [5, 5.41) is 0. The largest absolute Gasteiger partial charge is 0.0859 e. The van der Waals surface area contributed by atoms with Crippen LogP contribution in [0.15, 0.2) is 0 Å². The minimum absolute atomic E-state index is 0.875. The lowest BCUT2D eigenvalue weighted by Crippen LogP contribution is -1.88. The van der Waals surface area contributed by atoms with Crippen LogP contribution in [0.4, 0.5) is 0 Å². The van der Waals surface area contributed by atoms with Gasteiger partial charge in [-0.25, -0.2) is 0 Å². The zero-order valence-corrected chi connectivity index (χ0v) is 4.69. The quantitative estimate of drug-likeness (QED) is 0.434. The van der Waals surface area contributed by atoms with Crippen LogP contribution < -0.4 is 0 Å². The molecule has 0 saturated heterocycles. The molecule has 7 heavy (non-hydrogen) atoms. The maximum atomic E-state index is 5.43. The van der Waals surface area contributed by atoms with Crippen LogP contribution in [-0.4, -0.2) is 7.85 Å². The summed E-state index contributed by atoms with van der Waals surface area (Å²) in [5.74, 6) is 0.875. The Balaban J connectivity index is 2.14. The van der Waals surface area contributed by atoms with E-state index in [0.29, 0.717) is 0 Å². The molecule has 0 nitrogen and oxygen atoms in total. The Bertz CT molecular complexity index is 46.1. The third-order valence-corrected chi connectivity index (χ3v) is 1.81. The fourth-order valence-electron chi connectivity index (χ4n) is 1.25. The van der Waals surface area contributed by atoms with Crippen molar-refractivity contribution >= 4 is 7.85 Å². The van der Waals surface area contributed by atoms with E-state index >= 15 is 0 Å². The van der Waals surface area contributed by atoms with Crippen LogP contribution in [0.25, 0.3) is 0 Å². The van der Waals surface area contributed by atoms with Crippen LogP contribution in [-0.2, 0) is 0 Å². The molecule has 1 saturated carbocycles. The first-order valence-corrected chi connectivity index (χ1v) is 3.13. The van der Waals surface area contributed by atoms with Gasteiger partial charge in [-0.15, -0.1) is 0 Å². The molecule has 2 radical (unpaired) electrons. The average molecular weight is 94.0 g/mol. The van der Waals surface area contributed by atoms with Crippen LogP contribution in [0, 0.1) is 5.92 Å². The average Bonchev–Trinajstić information content (AvgIpc) is 2.14. The summed E-state index contributed by atoms with van der Waals surface area (Å²) in [4.78, 5) is 0. The maximum Gasteiger partial charge on any atom is 0.0656 e. The van der Waals surface area contributed by atoms with Crippen molar-refractivity contribution in [2.45, 2.75) is 32.0 Å². The number of rotatable bonds is 1. The molecule has 0 bridgehead atoms. The van der Waals surface area contributed by atoms with E-state index in [2.05, 4.69) is 0 Å². The smallest absolute Gasteiger partial charge is 0.0656 e. The third-order valence-electron chi connectivity index (χ3n) is 1.81. The van der Waals surface area contributed by atoms with Crippen molar-refractivity contribution in [2.75, 3.05) is 0 Å². The molecule has 1 fully saturated rings. The van der Waals surface area contributed by atoms with Gasteiger partial charge >= 0.3 is 0 Å². The van der Waals surface area contributed by atoms with Crippen LogP contribution >= 0.6 is 0 Å². The van der Waals surface area contributed by atoms with E-state index in [9.17, 15) is 0 Å². The van der Waals surface area contributed by atoms with E-state index in [4.69, 9.17) is 7.85 Å². The molecule has 1 aliphatic rings. The topological polar surface area (TPSA) is 0 Å². The van der Waals surface area contributed by atoms with Crippen molar-refractivity contribution in [1.82, 2.24) is 0 Å². The van der Waals surface area contributed by atoms with Crippen molar-refractivity contribution in [3.63, 3.8) is 0 Å². The predicted octanol–water partition coefficient (Wildman–Crippen LogP) is 1.76. The monoisotopic (exact) mass is 94.1 g/mol. The summed E-state index contributed by atoms with van der Waals surface area (Å²) in [7, 11) is 5.43. The second kappa shape index (κ2) is 2.39. The van der Waals surface area contributed by atoms with E-state index in [1.54, 1.807) is 0 Å². The molecule has 0 aliphatic heterocycles. The first-order valence-electron chi connectivity index (χ1n) is 3.13. The molecule has 0 aromatic rings. The molecule has 0 atom stereocenters. The van der Waals surface area contributed by atoms with Gasteiger partial charge in [0, 0.05) is 0 Å². The Morgan fingerprint density at radius 1 is 1.29 bits per heavy atom. The van der Waals surface area contributed by atoms with Gasteiger partial charge in [0.2, 0.25) is 0 Å². The fourth-order valence-corrected chi connectivity index (χ4v) is 1.25. The van der Waals surface area contributed by atoms with Crippen LogP contribution in [0.5, 0.6) is 0 Å². The summed E-state index contributed by atoms with van der Waals surface area (Å²) < 4.78 is 0. The van der Waals surface area contributed by atoms with Crippen molar-refractivity contribution in [1.29, 1.82) is 0 Å². The second-order valence-electron chi connectivity index (χ2n) is 2.39. The van der Waals surface area contributed by atoms with Gasteiger partial charge in [-0.1, -0.05) is 32.0 Å². The third kappa shape index (κ3) is 1.22. The maximum absolute atomic E-state index is 5.43. The fraction of sp³-hybridized carbons (Fsp3) is 1.00. The molecule has 1 heteroatoms. The van der Waals surface area contributed by atoms with Gasteiger partial charge in [0.05, 0.1) is 7.85 Å². The Labute approximate surface area is 46.7 Å². The van der Waals surface area contributed by atoms with Gasteiger partial charge in [0.1, 0.15) is 0 Å². The molecular formula is C6H11B. The molecular weight excluding hydrogens is 82.9 g/mol. The lowest BCUT2D eigenvalue weighted by atomic mass is 9.90. The lowest BCUT2D eigenvalue weighted by Gasteiger charge is -2.00. The zero-order chi connectivity index (χ0) is 5.11. The summed E-state index contributed by atoms with van der Waals surface area (Å²) >= 11 is 0. The summed E-state index contributed by atoms with van der Waals surface area (Å²) in [6.07, 6.45) is 6.52. The molecule has 1 rings (SSSR count). The summed E-state index contributed by atoms with van der Waals surface area (Å²) in [6.45, 7) is 0. The van der Waals surface area contributed by atoms with E-state index in [0.717, 1.165) is 12.2 Å². The Hall–Kier alpha value is 0.0649. The Morgan fingerprint density at radius 2 is 1.86 bits per heavy atom. The van der Waals surface area contributed by atoms with Gasteiger partial charge in [-0.3, -0.25) is 0 Å². The van der Waals surface area contributed by atoms with Crippen molar-refractivity contribution in [3.8, 4) is 0 Å². The zero-order valence-electron chi connectivity index (χ0n) is 4.69. The van der Waals surface area contributed by atoms with Gasteiger partial charge in [-0.2, -0.15) is 0 Å². The lowest BCUT2D eigenvalue weighted by molar-refractivity contribution is 0.611. The van der Waals surface area contributed by atoms with Gasteiger partial charge < -0.3 is 0 Å². The standard InChI is InChI=1S/C6H11B/c7-5-6-3-1-2-4-6/h6H,1-5H2. The number of hydrogen-bond donors (Lipinski definition) is 0. The SMILES string of the molecule is [B]CC1CCCC1. The molecule has 0 amide bonds. The highest BCUT2D eigenvalue weighted by atomic mass is 14.2. The highest BCUT2D eigenvalue weighted by molar-refractivity contribution is 6.08. The molecule has 0 spiro atoms. The molecule has 0 N–H and O–H groups in total. The van der Waals surface area contributed by atoms with Crippen LogP contribution in [0.1, 0.15) is 25.7 Å². The van der Waals surface area contributed by atoms with E-state index < -0.39 is 0 Å². The van der Waals surface area contributed by atoms with Crippen LogP contribution in [0.3, 0.4) is 0 Å². The predicted molar refractivity (Wildman–Crippen MR) is 32.5 cm³/mol. The molecule has 0 aromatic heterocycles. The van der Waals surface area contributed by atoms with Crippen LogP contribution in [0.2, 0.25) is 6.32 Å². The molecule has 0 heterocycles. The number of hydrogen-bond acceptors (Lipinski definition) is 0. The Kier molecular flexibility index (Phi) is 1.78. The molecule has 1 aliphatic carbocycles.